The maximum absolute atomic E-state index is 11.5. The van der Waals surface area contributed by atoms with Gasteiger partial charge in [0.15, 0.2) is 0 Å². The van der Waals surface area contributed by atoms with Crippen LogP contribution in [0.4, 0.5) is 0 Å². The summed E-state index contributed by atoms with van der Waals surface area (Å²) in [4.78, 5) is 22.6. The first-order valence-electron chi connectivity index (χ1n) is 6.44. The molecule has 0 aromatic carbocycles. The van der Waals surface area contributed by atoms with Crippen molar-refractivity contribution < 1.29 is 19.8 Å². The summed E-state index contributed by atoms with van der Waals surface area (Å²) in [5, 5.41) is 20.2. The maximum Gasteiger partial charge on any atom is 0.326 e. The Labute approximate surface area is 107 Å². The summed E-state index contributed by atoms with van der Waals surface area (Å²) in [6.45, 7) is -0.485. The lowest BCUT2D eigenvalue weighted by atomic mass is 9.85. The van der Waals surface area contributed by atoms with Crippen molar-refractivity contribution in [1.82, 2.24) is 5.32 Å². The molecule has 2 atom stereocenters. The van der Waals surface area contributed by atoms with Crippen LogP contribution in [0.15, 0.2) is 0 Å². The molecule has 1 saturated carbocycles. The molecule has 1 rings (SSSR count). The number of aliphatic hydroxyl groups is 1. The SMILES string of the molecule is N[C@@H](CO)C(=O)N[C@@H](CC1CCCCC1)C(=O)O. The molecule has 0 unspecified atom stereocenters. The normalized spacial score (nSPS) is 20.1. The monoisotopic (exact) mass is 258 g/mol. The van der Waals surface area contributed by atoms with Crippen molar-refractivity contribution in [2.75, 3.05) is 6.61 Å². The third kappa shape index (κ3) is 4.62. The van der Waals surface area contributed by atoms with Crippen LogP contribution in [0.25, 0.3) is 0 Å². The van der Waals surface area contributed by atoms with E-state index >= 15 is 0 Å². The minimum Gasteiger partial charge on any atom is -0.480 e. The van der Waals surface area contributed by atoms with Crippen molar-refractivity contribution in [3.05, 3.63) is 0 Å². The van der Waals surface area contributed by atoms with Gasteiger partial charge in [-0.15, -0.1) is 0 Å². The number of carbonyl (C=O) groups is 2. The Kier molecular flexibility index (Phi) is 6.07. The van der Waals surface area contributed by atoms with Crippen LogP contribution in [0, 0.1) is 5.92 Å². The van der Waals surface area contributed by atoms with Gasteiger partial charge in [-0.1, -0.05) is 32.1 Å². The molecule has 1 fully saturated rings. The number of carbonyl (C=O) groups excluding carboxylic acids is 1. The van der Waals surface area contributed by atoms with Gasteiger partial charge in [-0.05, 0) is 12.3 Å². The number of aliphatic carboxylic acids is 1. The van der Waals surface area contributed by atoms with Gasteiger partial charge < -0.3 is 21.3 Å². The van der Waals surface area contributed by atoms with E-state index in [0.29, 0.717) is 12.3 Å². The van der Waals surface area contributed by atoms with Gasteiger partial charge in [0.2, 0.25) is 5.91 Å². The van der Waals surface area contributed by atoms with Crippen molar-refractivity contribution in [1.29, 1.82) is 0 Å². The number of hydrogen-bond acceptors (Lipinski definition) is 4. The van der Waals surface area contributed by atoms with Gasteiger partial charge in [0.05, 0.1) is 6.61 Å². The molecule has 0 spiro atoms. The van der Waals surface area contributed by atoms with Crippen molar-refractivity contribution in [2.24, 2.45) is 11.7 Å². The van der Waals surface area contributed by atoms with Crippen molar-refractivity contribution in [2.45, 2.75) is 50.6 Å². The van der Waals surface area contributed by atoms with E-state index in [9.17, 15) is 9.59 Å². The number of nitrogens with one attached hydrogen (secondary N) is 1. The summed E-state index contributed by atoms with van der Waals surface area (Å²) in [5.74, 6) is -1.30. The Hall–Kier alpha value is -1.14. The lowest BCUT2D eigenvalue weighted by molar-refractivity contribution is -0.142. The number of amides is 1. The molecular formula is C12H22N2O4. The van der Waals surface area contributed by atoms with E-state index in [1.165, 1.54) is 6.42 Å². The fourth-order valence-corrected chi connectivity index (χ4v) is 2.34. The Morgan fingerprint density at radius 2 is 1.89 bits per heavy atom. The molecule has 18 heavy (non-hydrogen) atoms. The zero-order chi connectivity index (χ0) is 13.5. The number of aliphatic hydroxyl groups excluding tert-OH is 1. The summed E-state index contributed by atoms with van der Waals surface area (Å²) >= 11 is 0. The quantitative estimate of drug-likeness (QED) is 0.529. The standard InChI is InChI=1S/C12H22N2O4/c13-9(7-15)11(16)14-10(12(17)18)6-8-4-2-1-3-5-8/h8-10,15H,1-7,13H2,(H,14,16)(H,17,18)/t9-,10-/m0/s1. The topological polar surface area (TPSA) is 113 Å². The predicted molar refractivity (Wildman–Crippen MR) is 65.8 cm³/mol. The fraction of sp³-hybridized carbons (Fsp3) is 0.833. The van der Waals surface area contributed by atoms with E-state index in [0.717, 1.165) is 25.7 Å². The summed E-state index contributed by atoms with van der Waals surface area (Å²) in [7, 11) is 0. The highest BCUT2D eigenvalue weighted by Gasteiger charge is 2.26. The van der Waals surface area contributed by atoms with Crippen LogP contribution in [0.5, 0.6) is 0 Å². The number of rotatable bonds is 6. The van der Waals surface area contributed by atoms with Crippen molar-refractivity contribution in [3.8, 4) is 0 Å². The zero-order valence-corrected chi connectivity index (χ0v) is 10.5. The molecule has 6 heteroatoms. The molecule has 1 aliphatic rings. The summed E-state index contributed by atoms with van der Waals surface area (Å²) in [6.07, 6.45) is 5.94. The number of carboxylic acids is 1. The minimum atomic E-state index is -1.06. The Bertz CT molecular complexity index is 290. The van der Waals surface area contributed by atoms with E-state index in [1.54, 1.807) is 0 Å². The Balaban J connectivity index is 2.48. The lowest BCUT2D eigenvalue weighted by Gasteiger charge is -2.25. The molecule has 0 radical (unpaired) electrons. The highest BCUT2D eigenvalue weighted by atomic mass is 16.4. The molecule has 104 valence electrons. The summed E-state index contributed by atoms with van der Waals surface area (Å²) < 4.78 is 0. The average Bonchev–Trinajstić information content (AvgIpc) is 2.37. The molecule has 0 saturated heterocycles. The molecule has 0 heterocycles. The first-order valence-corrected chi connectivity index (χ1v) is 6.44. The van der Waals surface area contributed by atoms with Crippen LogP contribution in [0.1, 0.15) is 38.5 Å². The highest BCUT2D eigenvalue weighted by Crippen LogP contribution is 2.27. The number of hydrogen-bond donors (Lipinski definition) is 4. The van der Waals surface area contributed by atoms with Gasteiger partial charge in [-0.25, -0.2) is 4.79 Å². The van der Waals surface area contributed by atoms with Gasteiger partial charge in [0.1, 0.15) is 12.1 Å². The van der Waals surface area contributed by atoms with Gasteiger partial charge >= 0.3 is 5.97 Å². The second-order valence-corrected chi connectivity index (χ2v) is 4.93. The maximum atomic E-state index is 11.5. The lowest BCUT2D eigenvalue weighted by Crippen LogP contribution is -2.50. The van der Waals surface area contributed by atoms with E-state index in [-0.39, 0.29) is 0 Å². The molecule has 0 aromatic rings. The smallest absolute Gasteiger partial charge is 0.326 e. The average molecular weight is 258 g/mol. The van der Waals surface area contributed by atoms with Crippen LogP contribution < -0.4 is 11.1 Å². The molecule has 1 amide bonds. The molecule has 1 aliphatic carbocycles. The van der Waals surface area contributed by atoms with Crippen LogP contribution in [-0.4, -0.2) is 40.8 Å². The van der Waals surface area contributed by atoms with Crippen LogP contribution in [-0.2, 0) is 9.59 Å². The zero-order valence-electron chi connectivity index (χ0n) is 10.5. The van der Waals surface area contributed by atoms with E-state index < -0.39 is 30.6 Å². The molecular weight excluding hydrogens is 236 g/mol. The summed E-state index contributed by atoms with van der Waals surface area (Å²) in [5.41, 5.74) is 5.34. The predicted octanol–water partition coefficient (Wildman–Crippen LogP) is -0.154. The Morgan fingerprint density at radius 1 is 1.28 bits per heavy atom. The van der Waals surface area contributed by atoms with E-state index in [4.69, 9.17) is 15.9 Å². The van der Waals surface area contributed by atoms with Gasteiger partial charge in [0.25, 0.3) is 0 Å². The second-order valence-electron chi connectivity index (χ2n) is 4.93. The second kappa shape index (κ2) is 7.33. The van der Waals surface area contributed by atoms with Crippen LogP contribution >= 0.6 is 0 Å². The van der Waals surface area contributed by atoms with Crippen LogP contribution in [0.2, 0.25) is 0 Å². The van der Waals surface area contributed by atoms with Gasteiger partial charge in [-0.2, -0.15) is 0 Å². The first-order chi connectivity index (χ1) is 8.54. The molecule has 0 aromatic heterocycles. The molecule has 0 aliphatic heterocycles. The third-order valence-electron chi connectivity index (χ3n) is 3.44. The van der Waals surface area contributed by atoms with E-state index in [1.807, 2.05) is 0 Å². The Morgan fingerprint density at radius 3 is 2.39 bits per heavy atom. The van der Waals surface area contributed by atoms with E-state index in [2.05, 4.69) is 5.32 Å². The van der Waals surface area contributed by atoms with Crippen LogP contribution in [0.3, 0.4) is 0 Å². The molecule has 5 N–H and O–H groups in total. The molecule has 0 bridgehead atoms. The van der Waals surface area contributed by atoms with Crippen molar-refractivity contribution >= 4 is 11.9 Å². The largest absolute Gasteiger partial charge is 0.480 e. The highest BCUT2D eigenvalue weighted by molar-refractivity contribution is 5.86. The molecule has 6 nitrogen and oxygen atoms in total. The first kappa shape index (κ1) is 14.9. The fourth-order valence-electron chi connectivity index (χ4n) is 2.34. The third-order valence-corrected chi connectivity index (χ3v) is 3.44. The minimum absolute atomic E-state index is 0.352. The van der Waals surface area contributed by atoms with Crippen molar-refractivity contribution in [3.63, 3.8) is 0 Å². The van der Waals surface area contributed by atoms with Gasteiger partial charge in [-0.3, -0.25) is 4.79 Å². The number of nitrogens with two attached hydrogens (primary N) is 1. The van der Waals surface area contributed by atoms with Gasteiger partial charge in [0, 0.05) is 0 Å². The summed E-state index contributed by atoms with van der Waals surface area (Å²) in [6, 6.07) is -1.96. The number of carboxylic acid groups (broad SMARTS) is 1.